The van der Waals surface area contributed by atoms with Gasteiger partial charge in [0.1, 0.15) is 16.7 Å². The molecule has 0 N–H and O–H groups in total. The van der Waals surface area contributed by atoms with Gasteiger partial charge >= 0.3 is 0 Å². The molecule has 3 rings (SSSR count). The second kappa shape index (κ2) is 8.93. The number of hydrogen-bond acceptors (Lipinski definition) is 4. The molecule has 0 atom stereocenters. The number of amides is 1. The van der Waals surface area contributed by atoms with Crippen LogP contribution in [0, 0.1) is 0 Å². The van der Waals surface area contributed by atoms with Crippen molar-refractivity contribution in [2.75, 3.05) is 6.54 Å². The summed E-state index contributed by atoms with van der Waals surface area (Å²) in [6, 6.07) is 12.7. The molecule has 1 aliphatic rings. The first-order chi connectivity index (χ1) is 13.0. The number of hydrogen-bond donors (Lipinski definition) is 0. The number of carbonyl (C=O) groups is 1. The van der Waals surface area contributed by atoms with Crippen molar-refractivity contribution in [3.8, 4) is 5.75 Å². The van der Waals surface area contributed by atoms with Gasteiger partial charge in [0.15, 0.2) is 0 Å². The van der Waals surface area contributed by atoms with Crippen molar-refractivity contribution in [3.63, 3.8) is 0 Å². The summed E-state index contributed by atoms with van der Waals surface area (Å²) in [6.45, 7) is 4.35. The summed E-state index contributed by atoms with van der Waals surface area (Å²) in [7, 11) is 0. The van der Waals surface area contributed by atoms with Crippen LogP contribution in [0.25, 0.3) is 6.08 Å². The van der Waals surface area contributed by atoms with Crippen LogP contribution in [0.2, 0.25) is 10.0 Å². The zero-order chi connectivity index (χ0) is 19.4. The molecule has 1 saturated heterocycles. The quantitative estimate of drug-likeness (QED) is 0.318. The molecule has 2 aromatic rings. The predicted octanol–water partition coefficient (Wildman–Crippen LogP) is 5.96. The first-order valence-corrected chi connectivity index (χ1v) is 9.99. The SMILES string of the molecule is C=CCN1C(=O)C(=Cc2cc(Cl)ccc2OCc2ccccc2Cl)SC1=S. The Morgan fingerprint density at radius 2 is 2.00 bits per heavy atom. The number of nitrogens with zero attached hydrogens (tertiary/aromatic N) is 1. The van der Waals surface area contributed by atoms with Gasteiger partial charge in [-0.3, -0.25) is 9.69 Å². The fourth-order valence-corrected chi connectivity index (χ4v) is 4.10. The van der Waals surface area contributed by atoms with E-state index >= 15 is 0 Å². The number of ether oxygens (including phenoxy) is 1. The van der Waals surface area contributed by atoms with Crippen LogP contribution in [0.4, 0.5) is 0 Å². The van der Waals surface area contributed by atoms with Gasteiger partial charge in [0.05, 0.1) is 4.91 Å². The Kier molecular flexibility index (Phi) is 6.60. The van der Waals surface area contributed by atoms with Gasteiger partial charge < -0.3 is 4.74 Å². The van der Waals surface area contributed by atoms with E-state index in [9.17, 15) is 4.79 Å². The Bertz CT molecular complexity index is 943. The summed E-state index contributed by atoms with van der Waals surface area (Å²) in [5.74, 6) is 0.454. The van der Waals surface area contributed by atoms with Crippen molar-refractivity contribution in [2.24, 2.45) is 0 Å². The van der Waals surface area contributed by atoms with Gasteiger partial charge in [0.25, 0.3) is 5.91 Å². The second-order valence-electron chi connectivity index (χ2n) is 5.64. The van der Waals surface area contributed by atoms with Crippen LogP contribution in [-0.2, 0) is 11.4 Å². The van der Waals surface area contributed by atoms with Crippen molar-refractivity contribution in [3.05, 3.63) is 81.2 Å². The molecular formula is C20H15Cl2NO2S2. The molecule has 0 bridgehead atoms. The van der Waals surface area contributed by atoms with Crippen molar-refractivity contribution < 1.29 is 9.53 Å². The number of thioether (sulfide) groups is 1. The number of halogens is 2. The first kappa shape index (κ1) is 20.0. The first-order valence-electron chi connectivity index (χ1n) is 8.01. The highest BCUT2D eigenvalue weighted by molar-refractivity contribution is 8.26. The Balaban J connectivity index is 1.86. The Hall–Kier alpha value is -1.79. The summed E-state index contributed by atoms with van der Waals surface area (Å²) < 4.78 is 6.44. The minimum atomic E-state index is -0.151. The lowest BCUT2D eigenvalue weighted by molar-refractivity contribution is -0.121. The van der Waals surface area contributed by atoms with Gasteiger partial charge in [-0.2, -0.15) is 0 Å². The van der Waals surface area contributed by atoms with Crippen LogP contribution in [0.15, 0.2) is 60.0 Å². The summed E-state index contributed by atoms with van der Waals surface area (Å²) in [5.41, 5.74) is 1.58. The molecule has 0 aromatic heterocycles. The molecule has 0 spiro atoms. The summed E-state index contributed by atoms with van der Waals surface area (Å²) in [6.07, 6.45) is 3.39. The molecule has 3 nitrogen and oxygen atoms in total. The molecular weight excluding hydrogens is 421 g/mol. The van der Waals surface area contributed by atoms with Crippen LogP contribution in [-0.4, -0.2) is 21.7 Å². The molecule has 0 radical (unpaired) electrons. The monoisotopic (exact) mass is 435 g/mol. The van der Waals surface area contributed by atoms with Crippen LogP contribution in [0.1, 0.15) is 11.1 Å². The zero-order valence-corrected chi connectivity index (χ0v) is 17.3. The summed E-state index contributed by atoms with van der Waals surface area (Å²) in [4.78, 5) is 14.6. The number of benzene rings is 2. The Labute approximate surface area is 177 Å². The molecule has 0 saturated carbocycles. The van der Waals surface area contributed by atoms with Gasteiger partial charge in [0.2, 0.25) is 0 Å². The Morgan fingerprint density at radius 1 is 1.22 bits per heavy atom. The molecule has 7 heteroatoms. The Morgan fingerprint density at radius 3 is 2.74 bits per heavy atom. The third-order valence-corrected chi connectivity index (χ3v) is 5.77. The van der Waals surface area contributed by atoms with Crippen LogP contribution in [0.5, 0.6) is 5.75 Å². The van der Waals surface area contributed by atoms with E-state index in [4.69, 9.17) is 40.2 Å². The lowest BCUT2D eigenvalue weighted by atomic mass is 10.1. The van der Waals surface area contributed by atoms with Crippen molar-refractivity contribution in [1.29, 1.82) is 0 Å². The van der Waals surface area contributed by atoms with E-state index in [0.717, 1.165) is 5.56 Å². The van der Waals surface area contributed by atoms with E-state index < -0.39 is 0 Å². The highest BCUT2D eigenvalue weighted by Gasteiger charge is 2.31. The molecule has 27 heavy (non-hydrogen) atoms. The minimum Gasteiger partial charge on any atom is -0.488 e. The van der Waals surface area contributed by atoms with Crippen molar-refractivity contribution in [1.82, 2.24) is 4.90 Å². The van der Waals surface area contributed by atoms with Gasteiger partial charge in [-0.25, -0.2) is 0 Å². The minimum absolute atomic E-state index is 0.151. The van der Waals surface area contributed by atoms with Gasteiger partial charge in [-0.15, -0.1) is 6.58 Å². The zero-order valence-electron chi connectivity index (χ0n) is 14.2. The van der Waals surface area contributed by atoms with Crippen LogP contribution in [0.3, 0.4) is 0 Å². The fourth-order valence-electron chi connectivity index (χ4n) is 2.46. The molecule has 1 aliphatic heterocycles. The largest absolute Gasteiger partial charge is 0.488 e. The topological polar surface area (TPSA) is 29.5 Å². The van der Waals surface area contributed by atoms with E-state index in [1.165, 1.54) is 16.7 Å². The lowest BCUT2D eigenvalue weighted by Gasteiger charge is -2.12. The molecule has 0 unspecified atom stereocenters. The summed E-state index contributed by atoms with van der Waals surface area (Å²) in [5, 5.41) is 1.19. The smallest absolute Gasteiger partial charge is 0.266 e. The van der Waals surface area contributed by atoms with Gasteiger partial charge in [0, 0.05) is 27.7 Å². The van der Waals surface area contributed by atoms with Crippen LogP contribution < -0.4 is 4.74 Å². The van der Waals surface area contributed by atoms with E-state index in [2.05, 4.69) is 6.58 Å². The maximum absolute atomic E-state index is 12.5. The molecule has 2 aromatic carbocycles. The fraction of sp³-hybridized carbons (Fsp3) is 0.100. The molecule has 1 amide bonds. The molecule has 0 aliphatic carbocycles. The predicted molar refractivity (Wildman–Crippen MR) is 117 cm³/mol. The van der Waals surface area contributed by atoms with E-state index in [1.54, 1.807) is 30.4 Å². The second-order valence-corrected chi connectivity index (χ2v) is 8.16. The third kappa shape index (κ3) is 4.74. The summed E-state index contributed by atoms with van der Waals surface area (Å²) >= 11 is 18.8. The highest BCUT2D eigenvalue weighted by atomic mass is 35.5. The van der Waals surface area contributed by atoms with E-state index in [1.807, 2.05) is 24.3 Å². The van der Waals surface area contributed by atoms with E-state index in [-0.39, 0.29) is 5.91 Å². The van der Waals surface area contributed by atoms with Gasteiger partial charge in [-0.05, 0) is 30.3 Å². The third-order valence-electron chi connectivity index (χ3n) is 3.78. The van der Waals surface area contributed by atoms with Crippen molar-refractivity contribution >= 4 is 63.5 Å². The average molecular weight is 436 g/mol. The normalized spacial score (nSPS) is 15.5. The average Bonchev–Trinajstić information content (AvgIpc) is 2.90. The standard InChI is InChI=1S/C20H15Cl2NO2S2/c1-2-9-23-19(24)18(27-20(23)26)11-14-10-15(21)7-8-17(14)25-12-13-5-3-4-6-16(13)22/h2-8,10-11H,1,9,12H2. The lowest BCUT2D eigenvalue weighted by Crippen LogP contribution is -2.27. The highest BCUT2D eigenvalue weighted by Crippen LogP contribution is 2.35. The van der Waals surface area contributed by atoms with Gasteiger partial charge in [-0.1, -0.05) is 71.5 Å². The molecule has 138 valence electrons. The molecule has 1 heterocycles. The number of thiocarbonyl (C=S) groups is 1. The maximum Gasteiger partial charge on any atom is 0.266 e. The number of carbonyl (C=O) groups excluding carboxylic acids is 1. The van der Waals surface area contributed by atoms with E-state index in [0.29, 0.717) is 43.7 Å². The van der Waals surface area contributed by atoms with Crippen molar-refractivity contribution in [2.45, 2.75) is 6.61 Å². The maximum atomic E-state index is 12.5. The van der Waals surface area contributed by atoms with Crippen LogP contribution >= 0.6 is 47.2 Å². The molecule has 1 fully saturated rings. The number of rotatable bonds is 6.